The summed E-state index contributed by atoms with van der Waals surface area (Å²) in [6, 6.07) is 6.11. The Labute approximate surface area is 92.8 Å². The minimum atomic E-state index is -0.317. The van der Waals surface area contributed by atoms with Crippen molar-refractivity contribution in [1.82, 2.24) is 9.55 Å². The molecule has 1 aromatic heterocycles. The highest BCUT2D eigenvalue weighted by Crippen LogP contribution is 2.37. The molecule has 16 heavy (non-hydrogen) atoms. The third-order valence-corrected chi connectivity index (χ3v) is 2.94. The lowest BCUT2D eigenvalue weighted by atomic mass is 10.2. The number of hydrogen-bond acceptors (Lipinski definition) is 3. The predicted octanol–water partition coefficient (Wildman–Crippen LogP) is 2.16. The van der Waals surface area contributed by atoms with Gasteiger partial charge in [0.2, 0.25) is 0 Å². The summed E-state index contributed by atoms with van der Waals surface area (Å²) in [5.74, 6) is -0.317. The number of benzene rings is 1. The number of esters is 1. The summed E-state index contributed by atoms with van der Waals surface area (Å²) >= 11 is 0. The third kappa shape index (κ3) is 1.38. The number of fused-ring (bicyclic) bond motifs is 1. The third-order valence-electron chi connectivity index (χ3n) is 2.94. The number of carbonyl (C=O) groups is 1. The van der Waals surface area contributed by atoms with E-state index in [-0.39, 0.29) is 5.97 Å². The van der Waals surface area contributed by atoms with Crippen LogP contribution in [-0.2, 0) is 4.74 Å². The molecule has 0 amide bonds. The normalized spacial score (nSPS) is 15.3. The van der Waals surface area contributed by atoms with Gasteiger partial charge < -0.3 is 9.30 Å². The van der Waals surface area contributed by atoms with E-state index < -0.39 is 0 Å². The summed E-state index contributed by atoms with van der Waals surface area (Å²) in [4.78, 5) is 15.7. The van der Waals surface area contributed by atoms with Gasteiger partial charge in [-0.15, -0.1) is 0 Å². The molecule has 0 unspecified atom stereocenters. The Bertz CT molecular complexity index is 555. The minimum Gasteiger partial charge on any atom is -0.465 e. The number of aromatic nitrogens is 2. The highest BCUT2D eigenvalue weighted by molar-refractivity contribution is 5.93. The van der Waals surface area contributed by atoms with Crippen molar-refractivity contribution in [3.05, 3.63) is 30.1 Å². The maximum absolute atomic E-state index is 11.4. The van der Waals surface area contributed by atoms with Crippen LogP contribution in [0, 0.1) is 0 Å². The molecule has 1 aliphatic carbocycles. The molecule has 0 radical (unpaired) electrons. The Hall–Kier alpha value is -1.84. The zero-order chi connectivity index (χ0) is 11.1. The smallest absolute Gasteiger partial charge is 0.337 e. The molecule has 0 spiro atoms. The van der Waals surface area contributed by atoms with Crippen LogP contribution in [0.1, 0.15) is 29.2 Å². The number of carbonyl (C=O) groups excluding carboxylic acids is 1. The first-order valence-corrected chi connectivity index (χ1v) is 5.34. The molecule has 1 saturated carbocycles. The van der Waals surface area contributed by atoms with Crippen LogP contribution in [0.5, 0.6) is 0 Å². The molecule has 0 aliphatic heterocycles. The van der Waals surface area contributed by atoms with E-state index in [1.54, 1.807) is 12.1 Å². The number of nitrogens with zero attached hydrogens (tertiary/aromatic N) is 2. The molecule has 0 bridgehead atoms. The van der Waals surface area contributed by atoms with Gasteiger partial charge in [0, 0.05) is 6.04 Å². The van der Waals surface area contributed by atoms with Gasteiger partial charge in [-0.25, -0.2) is 9.78 Å². The SMILES string of the molecule is COC(=O)c1ccc2c(c1)ncn2C1CC1. The van der Waals surface area contributed by atoms with E-state index in [4.69, 9.17) is 0 Å². The van der Waals surface area contributed by atoms with Gasteiger partial charge in [-0.2, -0.15) is 0 Å². The van der Waals surface area contributed by atoms with Crippen LogP contribution in [0.25, 0.3) is 11.0 Å². The van der Waals surface area contributed by atoms with Crippen molar-refractivity contribution in [1.29, 1.82) is 0 Å². The second kappa shape index (κ2) is 3.33. The largest absolute Gasteiger partial charge is 0.465 e. The van der Waals surface area contributed by atoms with E-state index in [1.807, 2.05) is 12.4 Å². The van der Waals surface area contributed by atoms with E-state index in [1.165, 1.54) is 20.0 Å². The van der Waals surface area contributed by atoms with Gasteiger partial charge in [-0.05, 0) is 31.0 Å². The Kier molecular flexibility index (Phi) is 1.96. The Balaban J connectivity index is 2.09. The number of methoxy groups -OCH3 is 1. The zero-order valence-electron chi connectivity index (χ0n) is 9.01. The lowest BCUT2D eigenvalue weighted by Gasteiger charge is -2.01. The molecule has 1 aliphatic rings. The lowest BCUT2D eigenvalue weighted by molar-refractivity contribution is 0.0601. The summed E-state index contributed by atoms with van der Waals surface area (Å²) in [5.41, 5.74) is 2.50. The monoisotopic (exact) mass is 216 g/mol. The van der Waals surface area contributed by atoms with Crippen molar-refractivity contribution in [2.45, 2.75) is 18.9 Å². The average molecular weight is 216 g/mol. The second-order valence-corrected chi connectivity index (χ2v) is 4.08. The molecule has 0 atom stereocenters. The summed E-state index contributed by atoms with van der Waals surface area (Å²) in [6.07, 6.45) is 4.30. The molecule has 3 rings (SSSR count). The van der Waals surface area contributed by atoms with E-state index in [9.17, 15) is 4.79 Å². The summed E-state index contributed by atoms with van der Waals surface area (Å²) in [5, 5.41) is 0. The number of rotatable bonds is 2. The number of imidazole rings is 1. The molecule has 82 valence electrons. The maximum Gasteiger partial charge on any atom is 0.337 e. The van der Waals surface area contributed by atoms with Gasteiger partial charge in [0.25, 0.3) is 0 Å². The summed E-state index contributed by atoms with van der Waals surface area (Å²) < 4.78 is 6.86. The lowest BCUT2D eigenvalue weighted by Crippen LogP contribution is -2.00. The van der Waals surface area contributed by atoms with Crippen LogP contribution in [-0.4, -0.2) is 22.6 Å². The zero-order valence-corrected chi connectivity index (χ0v) is 9.01. The van der Waals surface area contributed by atoms with Gasteiger partial charge in [0.15, 0.2) is 0 Å². The standard InChI is InChI=1S/C12H12N2O2/c1-16-12(15)8-2-5-11-10(6-8)13-7-14(11)9-3-4-9/h2,5-7,9H,3-4H2,1H3. The molecular weight excluding hydrogens is 204 g/mol. The molecule has 1 heterocycles. The molecule has 4 heteroatoms. The minimum absolute atomic E-state index is 0.317. The van der Waals surface area contributed by atoms with Gasteiger partial charge in [0.05, 0.1) is 30.0 Å². The molecule has 1 fully saturated rings. The fourth-order valence-electron chi connectivity index (χ4n) is 1.92. The van der Waals surface area contributed by atoms with Crippen LogP contribution in [0.4, 0.5) is 0 Å². The fourth-order valence-corrected chi connectivity index (χ4v) is 1.92. The molecule has 2 aromatic rings. The van der Waals surface area contributed by atoms with Crippen molar-refractivity contribution < 1.29 is 9.53 Å². The predicted molar refractivity (Wildman–Crippen MR) is 59.3 cm³/mol. The van der Waals surface area contributed by atoms with E-state index in [0.717, 1.165) is 11.0 Å². The van der Waals surface area contributed by atoms with E-state index >= 15 is 0 Å². The first-order valence-electron chi connectivity index (χ1n) is 5.34. The van der Waals surface area contributed by atoms with Gasteiger partial charge in [0.1, 0.15) is 0 Å². The Morgan fingerprint density at radius 1 is 1.50 bits per heavy atom. The van der Waals surface area contributed by atoms with Crippen molar-refractivity contribution in [3.8, 4) is 0 Å². The van der Waals surface area contributed by atoms with Crippen molar-refractivity contribution in [2.75, 3.05) is 7.11 Å². The topological polar surface area (TPSA) is 44.1 Å². The molecule has 0 N–H and O–H groups in total. The van der Waals surface area contributed by atoms with Crippen LogP contribution in [0.3, 0.4) is 0 Å². The highest BCUT2D eigenvalue weighted by atomic mass is 16.5. The highest BCUT2D eigenvalue weighted by Gasteiger charge is 2.25. The van der Waals surface area contributed by atoms with E-state index in [2.05, 4.69) is 14.3 Å². The second-order valence-electron chi connectivity index (χ2n) is 4.08. The van der Waals surface area contributed by atoms with Gasteiger partial charge in [-0.3, -0.25) is 0 Å². The quantitative estimate of drug-likeness (QED) is 0.722. The molecular formula is C12H12N2O2. The maximum atomic E-state index is 11.4. The van der Waals surface area contributed by atoms with E-state index in [0.29, 0.717) is 11.6 Å². The van der Waals surface area contributed by atoms with Crippen LogP contribution in [0.15, 0.2) is 24.5 Å². The Morgan fingerprint density at radius 3 is 3.00 bits per heavy atom. The summed E-state index contributed by atoms with van der Waals surface area (Å²) in [6.45, 7) is 0. The van der Waals surface area contributed by atoms with Crippen LogP contribution >= 0.6 is 0 Å². The number of hydrogen-bond donors (Lipinski definition) is 0. The average Bonchev–Trinajstić information content (AvgIpc) is 3.08. The fraction of sp³-hybridized carbons (Fsp3) is 0.333. The van der Waals surface area contributed by atoms with Crippen LogP contribution in [0.2, 0.25) is 0 Å². The number of ether oxygens (including phenoxy) is 1. The molecule has 0 saturated heterocycles. The van der Waals surface area contributed by atoms with Crippen molar-refractivity contribution in [2.24, 2.45) is 0 Å². The molecule has 1 aromatic carbocycles. The summed E-state index contributed by atoms with van der Waals surface area (Å²) in [7, 11) is 1.38. The van der Waals surface area contributed by atoms with Crippen LogP contribution < -0.4 is 0 Å². The van der Waals surface area contributed by atoms with Gasteiger partial charge in [-0.1, -0.05) is 0 Å². The van der Waals surface area contributed by atoms with Crippen molar-refractivity contribution in [3.63, 3.8) is 0 Å². The Morgan fingerprint density at radius 2 is 2.31 bits per heavy atom. The first-order chi connectivity index (χ1) is 7.79. The molecule has 4 nitrogen and oxygen atoms in total. The van der Waals surface area contributed by atoms with Gasteiger partial charge >= 0.3 is 5.97 Å². The van der Waals surface area contributed by atoms with Crippen molar-refractivity contribution >= 4 is 17.0 Å². The first kappa shape index (κ1) is 9.39.